The Morgan fingerprint density at radius 2 is 1.94 bits per heavy atom. The second kappa shape index (κ2) is 10.7. The molecule has 0 saturated heterocycles. The predicted octanol–water partition coefficient (Wildman–Crippen LogP) is 2.70. The van der Waals surface area contributed by atoms with Gasteiger partial charge in [-0.2, -0.15) is 0 Å². The molecule has 0 unspecified atom stereocenters. The van der Waals surface area contributed by atoms with E-state index in [0.717, 1.165) is 23.1 Å². The molecule has 2 aromatic carbocycles. The molecule has 0 fully saturated rings. The Balaban J connectivity index is 1.61. The van der Waals surface area contributed by atoms with Crippen molar-refractivity contribution >= 4 is 23.3 Å². The smallest absolute Gasteiger partial charge is 0.290 e. The van der Waals surface area contributed by atoms with Gasteiger partial charge in [-0.15, -0.1) is 0 Å². The zero-order chi connectivity index (χ0) is 22.2. The van der Waals surface area contributed by atoms with Gasteiger partial charge in [-0.05, 0) is 42.2 Å². The Hall–Kier alpha value is -3.16. The minimum atomic E-state index is -0.304. The predicted molar refractivity (Wildman–Crippen MR) is 123 cm³/mol. The summed E-state index contributed by atoms with van der Waals surface area (Å²) in [6.45, 7) is 2.97. The summed E-state index contributed by atoms with van der Waals surface area (Å²) < 4.78 is 0. The first kappa shape index (κ1) is 22.5. The summed E-state index contributed by atoms with van der Waals surface area (Å²) in [5.74, 6) is 0.00502. The third kappa shape index (κ3) is 6.41. The second-order valence-corrected chi connectivity index (χ2v) is 7.66. The fourth-order valence-electron chi connectivity index (χ4n) is 3.20. The molecule has 5 N–H and O–H groups in total. The van der Waals surface area contributed by atoms with E-state index >= 15 is 0 Å². The molecule has 1 amide bonds. The van der Waals surface area contributed by atoms with Crippen LogP contribution in [-0.2, 0) is 30.7 Å². The molecule has 3 aromatic rings. The van der Waals surface area contributed by atoms with Gasteiger partial charge >= 0.3 is 0 Å². The number of amides is 1. The Bertz CT molecular complexity index is 1100. The molecule has 31 heavy (non-hydrogen) atoms. The van der Waals surface area contributed by atoms with E-state index in [1.807, 2.05) is 36.4 Å². The second-order valence-electron chi connectivity index (χ2n) is 7.22. The van der Waals surface area contributed by atoms with Gasteiger partial charge in [-0.25, -0.2) is 4.98 Å². The van der Waals surface area contributed by atoms with Gasteiger partial charge in [0.05, 0.1) is 12.1 Å². The van der Waals surface area contributed by atoms with Gasteiger partial charge in [0.2, 0.25) is 5.91 Å². The first-order valence-corrected chi connectivity index (χ1v) is 10.5. The zero-order valence-electron chi connectivity index (χ0n) is 17.4. The standard InChI is InChI=1S/C23H26ClN5O2/c1-15-20(12-21(30)27-14-18-11-19(24)8-7-17(18)13-25)29-22(23(31)28-15)26-10-9-16-5-3-2-4-6-16/h2-8,11H,9-10,12-14,25H2,1H3,(H,26,29)(H,27,30)(H,28,31). The van der Waals surface area contributed by atoms with Crippen molar-refractivity contribution in [3.05, 3.63) is 92.0 Å². The van der Waals surface area contributed by atoms with Crippen LogP contribution in [0.5, 0.6) is 0 Å². The average Bonchev–Trinajstić information content (AvgIpc) is 2.76. The van der Waals surface area contributed by atoms with Crippen molar-refractivity contribution < 1.29 is 4.79 Å². The molecule has 0 atom stereocenters. The van der Waals surface area contributed by atoms with Crippen LogP contribution in [0.4, 0.5) is 5.82 Å². The highest BCUT2D eigenvalue weighted by Crippen LogP contribution is 2.16. The van der Waals surface area contributed by atoms with E-state index in [-0.39, 0.29) is 23.7 Å². The van der Waals surface area contributed by atoms with Crippen LogP contribution in [0, 0.1) is 6.92 Å². The molecule has 1 aromatic heterocycles. The maximum absolute atomic E-state index is 12.5. The number of hydrogen-bond donors (Lipinski definition) is 4. The van der Waals surface area contributed by atoms with E-state index in [0.29, 0.717) is 36.0 Å². The van der Waals surface area contributed by atoms with E-state index in [2.05, 4.69) is 20.6 Å². The topological polar surface area (TPSA) is 113 Å². The zero-order valence-corrected chi connectivity index (χ0v) is 18.1. The lowest BCUT2D eigenvalue weighted by Crippen LogP contribution is -2.28. The van der Waals surface area contributed by atoms with Gasteiger partial charge in [0.25, 0.3) is 5.56 Å². The number of benzene rings is 2. The van der Waals surface area contributed by atoms with Crippen molar-refractivity contribution in [3.63, 3.8) is 0 Å². The Kier molecular flexibility index (Phi) is 7.81. The number of aromatic amines is 1. The quantitative estimate of drug-likeness (QED) is 0.409. The first-order chi connectivity index (χ1) is 15.0. The molecular formula is C23H26ClN5O2. The molecule has 0 spiro atoms. The highest BCUT2D eigenvalue weighted by Gasteiger charge is 2.12. The molecule has 1 heterocycles. The summed E-state index contributed by atoms with van der Waals surface area (Å²) >= 11 is 6.05. The van der Waals surface area contributed by atoms with Crippen LogP contribution in [0.25, 0.3) is 0 Å². The number of aryl methyl sites for hydroxylation is 1. The van der Waals surface area contributed by atoms with Crippen LogP contribution in [0.3, 0.4) is 0 Å². The summed E-state index contributed by atoms with van der Waals surface area (Å²) in [4.78, 5) is 31.9. The number of hydrogen-bond acceptors (Lipinski definition) is 5. The van der Waals surface area contributed by atoms with Crippen molar-refractivity contribution in [3.8, 4) is 0 Å². The lowest BCUT2D eigenvalue weighted by Gasteiger charge is -2.12. The molecule has 0 bridgehead atoms. The number of H-pyrrole nitrogens is 1. The van der Waals surface area contributed by atoms with Crippen LogP contribution >= 0.6 is 11.6 Å². The first-order valence-electron chi connectivity index (χ1n) is 10.1. The molecule has 7 nitrogen and oxygen atoms in total. The number of carbonyl (C=O) groups excluding carboxylic acids is 1. The maximum atomic E-state index is 12.5. The Morgan fingerprint density at radius 1 is 1.16 bits per heavy atom. The van der Waals surface area contributed by atoms with Crippen molar-refractivity contribution in [1.29, 1.82) is 0 Å². The van der Waals surface area contributed by atoms with Gasteiger partial charge in [0.1, 0.15) is 0 Å². The monoisotopic (exact) mass is 439 g/mol. The minimum Gasteiger partial charge on any atom is -0.365 e. The minimum absolute atomic E-state index is 0.0501. The number of nitrogens with zero attached hydrogens (tertiary/aromatic N) is 1. The normalized spacial score (nSPS) is 10.7. The lowest BCUT2D eigenvalue weighted by molar-refractivity contribution is -0.120. The SMILES string of the molecule is Cc1[nH]c(=O)c(NCCc2ccccc2)nc1CC(=O)NCc1cc(Cl)ccc1CN. The van der Waals surface area contributed by atoms with Crippen molar-refractivity contribution in [2.75, 3.05) is 11.9 Å². The van der Waals surface area contributed by atoms with Crippen molar-refractivity contribution in [1.82, 2.24) is 15.3 Å². The van der Waals surface area contributed by atoms with E-state index in [4.69, 9.17) is 17.3 Å². The van der Waals surface area contributed by atoms with Crippen LogP contribution in [0.2, 0.25) is 5.02 Å². The average molecular weight is 440 g/mol. The summed E-state index contributed by atoms with van der Waals surface area (Å²) in [6, 6.07) is 15.4. The number of carbonyl (C=O) groups is 1. The van der Waals surface area contributed by atoms with E-state index in [1.165, 1.54) is 0 Å². The molecule has 0 saturated carbocycles. The number of nitrogens with one attached hydrogen (secondary N) is 3. The van der Waals surface area contributed by atoms with E-state index < -0.39 is 0 Å². The van der Waals surface area contributed by atoms with Gasteiger partial charge in [-0.3, -0.25) is 9.59 Å². The number of rotatable bonds is 9. The number of halogens is 1. The van der Waals surface area contributed by atoms with E-state index in [1.54, 1.807) is 19.1 Å². The van der Waals surface area contributed by atoms with Crippen LogP contribution < -0.4 is 21.9 Å². The van der Waals surface area contributed by atoms with Gasteiger partial charge in [-0.1, -0.05) is 48.0 Å². The van der Waals surface area contributed by atoms with Crippen molar-refractivity contribution in [2.45, 2.75) is 32.9 Å². The third-order valence-electron chi connectivity index (χ3n) is 4.94. The molecule has 0 aliphatic heterocycles. The third-order valence-corrected chi connectivity index (χ3v) is 5.17. The fourth-order valence-corrected chi connectivity index (χ4v) is 3.39. The molecule has 8 heteroatoms. The van der Waals surface area contributed by atoms with Crippen molar-refractivity contribution in [2.24, 2.45) is 5.73 Å². The summed E-state index contributed by atoms with van der Waals surface area (Å²) in [5.41, 5.74) is 9.49. The van der Waals surface area contributed by atoms with Crippen LogP contribution in [-0.4, -0.2) is 22.4 Å². The number of nitrogens with two attached hydrogens (primary N) is 1. The highest BCUT2D eigenvalue weighted by atomic mass is 35.5. The number of aromatic nitrogens is 2. The molecule has 0 radical (unpaired) electrons. The van der Waals surface area contributed by atoms with Gasteiger partial charge < -0.3 is 21.4 Å². The summed E-state index contributed by atoms with van der Waals surface area (Å²) in [7, 11) is 0. The molecule has 0 aliphatic carbocycles. The Morgan fingerprint density at radius 3 is 2.68 bits per heavy atom. The largest absolute Gasteiger partial charge is 0.365 e. The molecule has 0 aliphatic rings. The maximum Gasteiger partial charge on any atom is 0.290 e. The Labute approximate surface area is 186 Å². The van der Waals surface area contributed by atoms with Gasteiger partial charge in [0, 0.05) is 30.4 Å². The molecule has 162 valence electrons. The van der Waals surface area contributed by atoms with E-state index in [9.17, 15) is 9.59 Å². The van der Waals surface area contributed by atoms with Gasteiger partial charge in [0.15, 0.2) is 5.82 Å². The molecular weight excluding hydrogens is 414 g/mol. The number of anilines is 1. The van der Waals surface area contributed by atoms with Crippen LogP contribution in [0.15, 0.2) is 53.3 Å². The van der Waals surface area contributed by atoms with Crippen LogP contribution in [0.1, 0.15) is 28.1 Å². The molecule has 3 rings (SSSR count). The summed E-state index contributed by atoms with van der Waals surface area (Å²) in [5, 5.41) is 6.52. The summed E-state index contributed by atoms with van der Waals surface area (Å²) in [6.07, 6.45) is 0.809. The lowest BCUT2D eigenvalue weighted by atomic mass is 10.1. The fraction of sp³-hybridized carbons (Fsp3) is 0.261. The highest BCUT2D eigenvalue weighted by molar-refractivity contribution is 6.30.